The van der Waals surface area contributed by atoms with Crippen LogP contribution in [0.3, 0.4) is 0 Å². The van der Waals surface area contributed by atoms with E-state index in [1.54, 1.807) is 18.2 Å². The molecule has 15 heteroatoms. The molecule has 0 unspecified atom stereocenters. The second-order valence-electron chi connectivity index (χ2n) is 8.95. The number of hydrogen-bond acceptors (Lipinski definition) is 10. The number of anilines is 1. The zero-order chi connectivity index (χ0) is 31.4. The lowest BCUT2D eigenvalue weighted by Crippen LogP contribution is -2.42. The molecule has 0 aliphatic heterocycles. The van der Waals surface area contributed by atoms with Crippen molar-refractivity contribution in [1.82, 2.24) is 19.3 Å². The van der Waals surface area contributed by atoms with E-state index in [-0.39, 0.29) is 29.4 Å². The minimum atomic E-state index is -1.23. The fourth-order valence-electron chi connectivity index (χ4n) is 4.16. The summed E-state index contributed by atoms with van der Waals surface area (Å²) in [5.41, 5.74) is -1.66. The predicted octanol–water partition coefficient (Wildman–Crippen LogP) is 3.63. The summed E-state index contributed by atoms with van der Waals surface area (Å²) < 4.78 is 51.2. The lowest BCUT2D eigenvalue weighted by atomic mass is 10.2. The number of hydrogen-bond donors (Lipinski definition) is 2. The molecule has 0 bridgehead atoms. The Labute approximate surface area is 246 Å². The molecule has 0 aliphatic rings. The number of pyridine rings is 1. The molecular formula is C29H23F2N5O8. The molecule has 0 radical (unpaired) electrons. The molecule has 5 rings (SSSR count). The van der Waals surface area contributed by atoms with Crippen molar-refractivity contribution in [3.63, 3.8) is 0 Å². The maximum atomic E-state index is 15.1. The van der Waals surface area contributed by atoms with Gasteiger partial charge in [-0.05, 0) is 48.5 Å². The molecule has 13 nitrogen and oxygen atoms in total. The van der Waals surface area contributed by atoms with Crippen LogP contribution >= 0.6 is 0 Å². The third kappa shape index (κ3) is 6.03. The summed E-state index contributed by atoms with van der Waals surface area (Å²) in [7, 11) is 2.96. The van der Waals surface area contributed by atoms with E-state index in [9.17, 15) is 23.9 Å². The van der Waals surface area contributed by atoms with E-state index in [0.29, 0.717) is 31.7 Å². The first-order chi connectivity index (χ1) is 21.2. The van der Waals surface area contributed by atoms with Gasteiger partial charge in [-0.2, -0.15) is 0 Å². The third-order valence-corrected chi connectivity index (χ3v) is 6.20. The number of methoxy groups -OCH3 is 2. The molecule has 0 spiro atoms. The Morgan fingerprint density at radius 2 is 1.66 bits per heavy atom. The predicted molar refractivity (Wildman–Crippen MR) is 152 cm³/mol. The van der Waals surface area contributed by atoms with E-state index in [1.807, 2.05) is 0 Å². The van der Waals surface area contributed by atoms with Crippen LogP contribution in [0.25, 0.3) is 16.6 Å². The van der Waals surface area contributed by atoms with Crippen molar-refractivity contribution in [2.24, 2.45) is 0 Å². The van der Waals surface area contributed by atoms with Crippen molar-refractivity contribution in [2.45, 2.75) is 6.54 Å². The van der Waals surface area contributed by atoms with Gasteiger partial charge in [0.15, 0.2) is 23.1 Å². The largest absolute Gasteiger partial charge is 0.493 e. The fourth-order valence-corrected chi connectivity index (χ4v) is 4.16. The smallest absolute Gasteiger partial charge is 0.418 e. The zero-order valence-electron chi connectivity index (χ0n) is 23.1. The zero-order valence-corrected chi connectivity index (χ0v) is 23.1. The second-order valence-corrected chi connectivity index (χ2v) is 8.95. The van der Waals surface area contributed by atoms with Crippen LogP contribution in [0.4, 0.5) is 19.3 Å². The number of aliphatic hydroxyl groups excluding tert-OH is 1. The highest BCUT2D eigenvalue weighted by atomic mass is 19.1. The number of carbonyl (C=O) groups is 1. The Kier molecular flexibility index (Phi) is 8.48. The third-order valence-electron chi connectivity index (χ3n) is 6.20. The van der Waals surface area contributed by atoms with Gasteiger partial charge in [-0.15, -0.1) is 5.10 Å². The normalized spacial score (nSPS) is 10.8. The van der Waals surface area contributed by atoms with Crippen LogP contribution in [0.2, 0.25) is 0 Å². The van der Waals surface area contributed by atoms with Crippen LogP contribution in [0.15, 0.2) is 76.4 Å². The molecule has 2 N–H and O–H groups in total. The first kappa shape index (κ1) is 29.7. The van der Waals surface area contributed by atoms with E-state index in [4.69, 9.17) is 18.9 Å². The van der Waals surface area contributed by atoms with Gasteiger partial charge < -0.3 is 24.1 Å². The van der Waals surface area contributed by atoms with Crippen LogP contribution in [0.5, 0.6) is 28.9 Å². The van der Waals surface area contributed by atoms with Gasteiger partial charge in [-0.3, -0.25) is 15.1 Å². The van der Waals surface area contributed by atoms with Crippen LogP contribution < -0.4 is 35.5 Å². The Hall–Kier alpha value is -5.83. The Morgan fingerprint density at radius 3 is 2.34 bits per heavy atom. The Bertz CT molecular complexity index is 1980. The minimum absolute atomic E-state index is 0.0297. The molecule has 44 heavy (non-hydrogen) atoms. The van der Waals surface area contributed by atoms with Crippen molar-refractivity contribution in [2.75, 3.05) is 26.1 Å². The highest BCUT2D eigenvalue weighted by molar-refractivity contribution is 5.88. The number of rotatable bonds is 9. The molecule has 0 saturated heterocycles. The molecule has 2 heterocycles. The highest BCUT2D eigenvalue weighted by Gasteiger charge is 2.20. The van der Waals surface area contributed by atoms with Gasteiger partial charge in [0.05, 0.1) is 38.6 Å². The molecule has 0 aliphatic carbocycles. The number of aromatic nitrogens is 4. The standard InChI is InChI=1S/C29H23F2N5O8/c1-41-24-14-19-21(15-25(24)42-2)32-10-9-22(19)43-23-8-5-17(13-20(23)31)33-28(39)44-26-27(38)36(18-6-3-16(30)4-7-18)29(40)35(34-26)11-12-37/h3-10,13-15,37H,11-12H2,1-2H3,(H,33,39). The lowest BCUT2D eigenvalue weighted by molar-refractivity contribution is 0.209. The number of fused-ring (bicyclic) bond motifs is 1. The van der Waals surface area contributed by atoms with Gasteiger partial charge in [0.2, 0.25) is 0 Å². The molecule has 0 saturated carbocycles. The minimum Gasteiger partial charge on any atom is -0.493 e. The van der Waals surface area contributed by atoms with Gasteiger partial charge in [0.1, 0.15) is 11.6 Å². The average Bonchev–Trinajstić information content (AvgIpc) is 3.01. The maximum absolute atomic E-state index is 15.1. The topological polar surface area (TPSA) is 156 Å². The van der Waals surface area contributed by atoms with Crippen LogP contribution in [0, 0.1) is 11.6 Å². The van der Waals surface area contributed by atoms with Crippen molar-refractivity contribution in [1.29, 1.82) is 0 Å². The number of ether oxygens (including phenoxy) is 4. The van der Waals surface area contributed by atoms with Gasteiger partial charge >= 0.3 is 23.2 Å². The summed E-state index contributed by atoms with van der Waals surface area (Å²) in [4.78, 5) is 42.7. The van der Waals surface area contributed by atoms with E-state index in [1.165, 1.54) is 44.7 Å². The SMILES string of the molecule is COc1cc2nccc(Oc3ccc(NC(=O)Oc4nn(CCO)c(=O)n(-c5ccc(F)cc5)c4=O)cc3F)c2cc1OC. The lowest BCUT2D eigenvalue weighted by Gasteiger charge is -2.13. The van der Waals surface area contributed by atoms with Gasteiger partial charge in [-0.1, -0.05) is 0 Å². The van der Waals surface area contributed by atoms with Gasteiger partial charge in [0.25, 0.3) is 0 Å². The molecule has 5 aromatic rings. The summed E-state index contributed by atoms with van der Waals surface area (Å²) in [6.45, 7) is -0.858. The van der Waals surface area contributed by atoms with E-state index >= 15 is 4.39 Å². The number of benzene rings is 3. The maximum Gasteiger partial charge on any atom is 0.418 e. The number of nitrogens with one attached hydrogen (secondary N) is 1. The molecule has 226 valence electrons. The number of aliphatic hydroxyl groups is 1. The summed E-state index contributed by atoms with van der Waals surface area (Å²) in [5.74, 6) is -1.31. The van der Waals surface area contributed by atoms with Gasteiger partial charge in [-0.25, -0.2) is 27.6 Å². The molecule has 1 amide bonds. The average molecular weight is 608 g/mol. The summed E-state index contributed by atoms with van der Waals surface area (Å²) in [5, 5.41) is 15.8. The molecule has 3 aromatic carbocycles. The van der Waals surface area contributed by atoms with Gasteiger partial charge in [0, 0.05) is 29.4 Å². The first-order valence-electron chi connectivity index (χ1n) is 12.8. The summed E-state index contributed by atoms with van der Waals surface area (Å²) in [6, 6.07) is 12.8. The fraction of sp³-hybridized carbons (Fsp3) is 0.138. The van der Waals surface area contributed by atoms with E-state index in [2.05, 4.69) is 15.4 Å². The van der Waals surface area contributed by atoms with Crippen LogP contribution in [-0.2, 0) is 6.54 Å². The summed E-state index contributed by atoms with van der Waals surface area (Å²) in [6.07, 6.45) is 0.249. The second kappa shape index (κ2) is 12.6. The number of nitrogens with zero attached hydrogens (tertiary/aromatic N) is 4. The molecule has 0 fully saturated rings. The van der Waals surface area contributed by atoms with Crippen LogP contribution in [-0.4, -0.2) is 51.4 Å². The van der Waals surface area contributed by atoms with Crippen molar-refractivity contribution < 1.29 is 37.6 Å². The van der Waals surface area contributed by atoms with Crippen molar-refractivity contribution in [3.8, 4) is 34.6 Å². The quantitative estimate of drug-likeness (QED) is 0.254. The Balaban J connectivity index is 1.37. The van der Waals surface area contributed by atoms with E-state index < -0.39 is 41.5 Å². The summed E-state index contributed by atoms with van der Waals surface area (Å²) >= 11 is 0. The highest BCUT2D eigenvalue weighted by Crippen LogP contribution is 2.37. The van der Waals surface area contributed by atoms with Crippen molar-refractivity contribution >= 4 is 22.7 Å². The number of carbonyl (C=O) groups excluding carboxylic acids is 1. The number of amides is 1. The van der Waals surface area contributed by atoms with E-state index in [0.717, 1.165) is 18.2 Å². The Morgan fingerprint density at radius 1 is 0.932 bits per heavy atom. The first-order valence-corrected chi connectivity index (χ1v) is 12.8. The molecule has 2 aromatic heterocycles. The molecule has 0 atom stereocenters. The van der Waals surface area contributed by atoms with Crippen molar-refractivity contribution in [3.05, 3.63) is 99.3 Å². The monoisotopic (exact) mass is 607 g/mol. The molecular weight excluding hydrogens is 584 g/mol. The number of halogens is 2. The van der Waals surface area contributed by atoms with Crippen LogP contribution in [0.1, 0.15) is 0 Å².